The fourth-order valence-electron chi connectivity index (χ4n) is 3.22. The normalized spacial score (nSPS) is 18.5. The highest BCUT2D eigenvalue weighted by atomic mass is 32.2. The third-order valence-electron chi connectivity index (χ3n) is 4.77. The van der Waals surface area contributed by atoms with E-state index in [-0.39, 0.29) is 39.5 Å². The number of aryl methyl sites for hydroxylation is 1. The molecule has 0 aromatic heterocycles. The number of anilines is 1. The SMILES string of the molecule is CC.Cc1ccc(NC(=O)N[C@@H]2CNC(=O)CC2c2ccc(S(C)(=O)=O)cc2)cc1.[HH].[HH].[HH]. The van der Waals surface area contributed by atoms with Crippen molar-refractivity contribution in [2.45, 2.75) is 44.0 Å². The zero-order chi connectivity index (χ0) is 22.3. The van der Waals surface area contributed by atoms with Gasteiger partial charge in [0.25, 0.3) is 0 Å². The first-order valence-electron chi connectivity index (χ1n) is 9.93. The maximum absolute atomic E-state index is 12.4. The van der Waals surface area contributed by atoms with Gasteiger partial charge in [0.15, 0.2) is 9.84 Å². The summed E-state index contributed by atoms with van der Waals surface area (Å²) >= 11 is 0. The van der Waals surface area contributed by atoms with Gasteiger partial charge in [-0.3, -0.25) is 4.79 Å². The summed E-state index contributed by atoms with van der Waals surface area (Å²) in [6, 6.07) is 13.2. The van der Waals surface area contributed by atoms with Crippen molar-refractivity contribution in [1.82, 2.24) is 10.6 Å². The maximum atomic E-state index is 12.4. The van der Waals surface area contributed by atoms with E-state index >= 15 is 0 Å². The predicted molar refractivity (Wildman–Crippen MR) is 125 cm³/mol. The molecule has 1 aliphatic rings. The summed E-state index contributed by atoms with van der Waals surface area (Å²) in [4.78, 5) is 24.5. The van der Waals surface area contributed by atoms with E-state index in [1.54, 1.807) is 12.1 Å². The molecule has 30 heavy (non-hydrogen) atoms. The van der Waals surface area contributed by atoms with Crippen molar-refractivity contribution >= 4 is 27.5 Å². The highest BCUT2D eigenvalue weighted by molar-refractivity contribution is 7.90. The maximum Gasteiger partial charge on any atom is 0.319 e. The van der Waals surface area contributed by atoms with Crippen molar-refractivity contribution in [2.75, 3.05) is 18.1 Å². The quantitative estimate of drug-likeness (QED) is 0.673. The number of carbonyl (C=O) groups is 2. The first-order chi connectivity index (χ1) is 14.2. The van der Waals surface area contributed by atoms with Crippen LogP contribution in [0.4, 0.5) is 10.5 Å². The predicted octanol–water partition coefficient (Wildman–Crippen LogP) is 3.96. The summed E-state index contributed by atoms with van der Waals surface area (Å²) in [6.07, 6.45) is 1.36. The van der Waals surface area contributed by atoms with Crippen molar-refractivity contribution in [1.29, 1.82) is 0 Å². The fraction of sp³-hybridized carbons (Fsp3) is 0.364. The van der Waals surface area contributed by atoms with Gasteiger partial charge in [0.05, 0.1) is 10.9 Å². The molecule has 1 heterocycles. The summed E-state index contributed by atoms with van der Waals surface area (Å²) < 4.78 is 23.3. The number of benzene rings is 2. The van der Waals surface area contributed by atoms with E-state index < -0.39 is 9.84 Å². The lowest BCUT2D eigenvalue weighted by atomic mass is 9.86. The summed E-state index contributed by atoms with van der Waals surface area (Å²) in [5.74, 6) is -0.347. The lowest BCUT2D eigenvalue weighted by Crippen LogP contribution is -2.52. The van der Waals surface area contributed by atoms with E-state index in [4.69, 9.17) is 0 Å². The Morgan fingerprint density at radius 3 is 2.23 bits per heavy atom. The Labute approximate surface area is 182 Å². The van der Waals surface area contributed by atoms with Crippen molar-refractivity contribution in [3.63, 3.8) is 0 Å². The molecule has 2 aromatic rings. The van der Waals surface area contributed by atoms with Gasteiger partial charge in [0, 0.05) is 35.1 Å². The van der Waals surface area contributed by atoms with Crippen LogP contribution in [0.25, 0.3) is 0 Å². The topological polar surface area (TPSA) is 104 Å². The van der Waals surface area contributed by atoms with E-state index in [0.717, 1.165) is 17.4 Å². The van der Waals surface area contributed by atoms with Crippen LogP contribution >= 0.6 is 0 Å². The number of amides is 3. The number of sulfone groups is 1. The number of hydrogen-bond acceptors (Lipinski definition) is 4. The summed E-state index contributed by atoms with van der Waals surface area (Å²) in [5.41, 5.74) is 2.58. The minimum atomic E-state index is -3.29. The third kappa shape index (κ3) is 6.32. The number of hydrogen-bond donors (Lipinski definition) is 3. The molecule has 1 saturated heterocycles. The molecule has 0 aliphatic carbocycles. The lowest BCUT2D eigenvalue weighted by molar-refractivity contribution is -0.123. The van der Waals surface area contributed by atoms with Crippen LogP contribution in [-0.4, -0.2) is 39.2 Å². The van der Waals surface area contributed by atoms with Gasteiger partial charge in [-0.2, -0.15) is 0 Å². The van der Waals surface area contributed by atoms with Crippen LogP contribution < -0.4 is 16.0 Å². The lowest BCUT2D eigenvalue weighted by Gasteiger charge is -2.32. The minimum Gasteiger partial charge on any atom is -0.354 e. The molecule has 2 atom stereocenters. The first-order valence-corrected chi connectivity index (χ1v) is 11.8. The van der Waals surface area contributed by atoms with Crippen LogP contribution in [0.3, 0.4) is 0 Å². The largest absolute Gasteiger partial charge is 0.354 e. The Bertz CT molecular complexity index is 985. The first kappa shape index (κ1) is 23.4. The van der Waals surface area contributed by atoms with Gasteiger partial charge in [0.2, 0.25) is 5.91 Å². The summed E-state index contributed by atoms with van der Waals surface area (Å²) in [7, 11) is -3.29. The van der Waals surface area contributed by atoms with Gasteiger partial charge >= 0.3 is 6.03 Å². The molecule has 0 saturated carbocycles. The Balaban J connectivity index is 0. The minimum absolute atomic E-state index is 0. The van der Waals surface area contributed by atoms with Gasteiger partial charge < -0.3 is 16.0 Å². The van der Waals surface area contributed by atoms with Gasteiger partial charge in [0.1, 0.15) is 0 Å². The van der Waals surface area contributed by atoms with Crippen molar-refractivity contribution in [2.24, 2.45) is 0 Å². The second-order valence-corrected chi connectivity index (χ2v) is 9.04. The molecule has 0 radical (unpaired) electrons. The van der Waals surface area contributed by atoms with Crippen LogP contribution in [-0.2, 0) is 14.6 Å². The zero-order valence-corrected chi connectivity index (χ0v) is 18.5. The smallest absolute Gasteiger partial charge is 0.319 e. The number of nitrogens with one attached hydrogen (secondary N) is 3. The van der Waals surface area contributed by atoms with Gasteiger partial charge in [-0.05, 0) is 36.8 Å². The molecule has 8 heteroatoms. The average molecular weight is 438 g/mol. The Kier molecular flexibility index (Phi) is 8.00. The molecule has 0 bridgehead atoms. The van der Waals surface area contributed by atoms with E-state index in [0.29, 0.717) is 12.2 Å². The molecule has 1 unspecified atom stereocenters. The summed E-state index contributed by atoms with van der Waals surface area (Å²) in [5, 5.41) is 8.47. The third-order valence-corrected chi connectivity index (χ3v) is 5.90. The van der Waals surface area contributed by atoms with Crippen molar-refractivity contribution in [3.05, 3.63) is 59.7 Å². The number of carbonyl (C=O) groups excluding carboxylic acids is 2. The highest BCUT2D eigenvalue weighted by Crippen LogP contribution is 2.27. The van der Waals surface area contributed by atoms with Crippen molar-refractivity contribution < 1.29 is 22.3 Å². The molecule has 3 amide bonds. The Morgan fingerprint density at radius 2 is 1.67 bits per heavy atom. The second kappa shape index (κ2) is 10.2. The zero-order valence-electron chi connectivity index (χ0n) is 17.7. The second-order valence-electron chi connectivity index (χ2n) is 7.03. The molecule has 2 aromatic carbocycles. The molecular formula is C22H35N3O4S. The Morgan fingerprint density at radius 1 is 1.07 bits per heavy atom. The molecule has 0 spiro atoms. The molecule has 3 N–H and O–H groups in total. The molecule has 1 fully saturated rings. The fourth-order valence-corrected chi connectivity index (χ4v) is 3.85. The molecule has 3 rings (SSSR count). The van der Waals surface area contributed by atoms with Gasteiger partial charge in [-0.15, -0.1) is 0 Å². The average Bonchev–Trinajstić information content (AvgIpc) is 2.72. The number of piperidine rings is 1. The van der Waals surface area contributed by atoms with Gasteiger partial charge in [-0.25, -0.2) is 13.2 Å². The van der Waals surface area contributed by atoms with E-state index in [1.165, 1.54) is 12.1 Å². The van der Waals surface area contributed by atoms with Crippen LogP contribution in [0.2, 0.25) is 0 Å². The van der Waals surface area contributed by atoms with Gasteiger partial charge in [-0.1, -0.05) is 43.7 Å². The molecular weight excluding hydrogens is 402 g/mol. The van der Waals surface area contributed by atoms with Crippen LogP contribution in [0.1, 0.15) is 41.6 Å². The van der Waals surface area contributed by atoms with E-state index in [9.17, 15) is 18.0 Å². The summed E-state index contributed by atoms with van der Waals surface area (Å²) in [6.45, 7) is 6.27. The monoisotopic (exact) mass is 437 g/mol. The highest BCUT2D eigenvalue weighted by Gasteiger charge is 2.31. The number of urea groups is 1. The standard InChI is InChI=1S/C20H23N3O4S.C2H6.3H2/c1-13-3-7-15(8-4-13)22-20(25)23-18-12-21-19(24)11-17(18)14-5-9-16(10-6-14)28(2,26)27;1-2;;;/h3-10,17-18H,11-12H2,1-2H3,(H,21,24)(H2,22,23,25);1-2H3;3*1H/t17?,18-;;;;/m1..../s1. The van der Waals surface area contributed by atoms with E-state index in [2.05, 4.69) is 16.0 Å². The van der Waals surface area contributed by atoms with Crippen molar-refractivity contribution in [3.8, 4) is 0 Å². The van der Waals surface area contributed by atoms with Crippen LogP contribution in [0.15, 0.2) is 53.4 Å². The van der Waals surface area contributed by atoms with E-state index in [1.807, 2.05) is 45.0 Å². The van der Waals surface area contributed by atoms with Crippen LogP contribution in [0, 0.1) is 6.92 Å². The van der Waals surface area contributed by atoms with Crippen LogP contribution in [0.5, 0.6) is 0 Å². The molecule has 168 valence electrons. The molecule has 1 aliphatic heterocycles. The number of rotatable bonds is 4. The molecule has 7 nitrogen and oxygen atoms in total. The Hall–Kier alpha value is -2.87.